The summed E-state index contributed by atoms with van der Waals surface area (Å²) in [6.07, 6.45) is -0.263. The van der Waals surface area contributed by atoms with Gasteiger partial charge >= 0.3 is 5.97 Å². The van der Waals surface area contributed by atoms with E-state index in [4.69, 9.17) is 9.84 Å². The third kappa shape index (κ3) is 4.21. The zero-order valence-electron chi connectivity index (χ0n) is 14.0. The Kier molecular flexibility index (Phi) is 4.69. The summed E-state index contributed by atoms with van der Waals surface area (Å²) < 4.78 is 5.88. The van der Waals surface area contributed by atoms with Gasteiger partial charge in [0.2, 0.25) is 0 Å². The van der Waals surface area contributed by atoms with Crippen molar-refractivity contribution in [1.29, 1.82) is 0 Å². The lowest BCUT2D eigenvalue weighted by Gasteiger charge is -2.42. The summed E-state index contributed by atoms with van der Waals surface area (Å²) in [5.74, 6) is -0.828. The first kappa shape index (κ1) is 16.7. The minimum Gasteiger partial charge on any atom is -0.481 e. The third-order valence-corrected chi connectivity index (χ3v) is 4.05. The molecule has 6 heteroatoms. The second-order valence-electron chi connectivity index (χ2n) is 6.91. The Labute approximate surface area is 141 Å². The summed E-state index contributed by atoms with van der Waals surface area (Å²) in [6, 6.07) is 12.1. The molecule has 2 heterocycles. The Hall–Kier alpha value is -2.18. The lowest BCUT2D eigenvalue weighted by molar-refractivity contribution is -0.158. The van der Waals surface area contributed by atoms with Crippen LogP contribution in [-0.2, 0) is 16.1 Å². The van der Waals surface area contributed by atoms with Gasteiger partial charge in [-0.05, 0) is 19.9 Å². The van der Waals surface area contributed by atoms with Crippen molar-refractivity contribution in [3.05, 3.63) is 42.1 Å². The lowest BCUT2D eigenvalue weighted by atomic mass is 10.0. The van der Waals surface area contributed by atoms with Gasteiger partial charge in [0.05, 0.1) is 23.8 Å². The van der Waals surface area contributed by atoms with Crippen molar-refractivity contribution in [3.63, 3.8) is 0 Å². The molecule has 1 saturated heterocycles. The van der Waals surface area contributed by atoms with Crippen molar-refractivity contribution in [3.8, 4) is 11.3 Å². The van der Waals surface area contributed by atoms with Gasteiger partial charge in [0.15, 0.2) is 0 Å². The molecule has 6 nitrogen and oxygen atoms in total. The van der Waals surface area contributed by atoms with E-state index in [1.165, 1.54) is 0 Å². The number of rotatable bonds is 5. The predicted octanol–water partition coefficient (Wildman–Crippen LogP) is 2.53. The van der Waals surface area contributed by atoms with Crippen LogP contribution in [0.4, 0.5) is 0 Å². The molecule has 3 rings (SSSR count). The number of nitrogens with one attached hydrogen (secondary N) is 1. The number of carboxylic acid groups (broad SMARTS) is 1. The van der Waals surface area contributed by atoms with Crippen LogP contribution < -0.4 is 0 Å². The molecule has 2 N–H and O–H groups in total. The number of carboxylic acids is 1. The molecule has 1 atom stereocenters. The van der Waals surface area contributed by atoms with Crippen molar-refractivity contribution in [1.82, 2.24) is 15.1 Å². The van der Waals surface area contributed by atoms with Gasteiger partial charge in [-0.2, -0.15) is 5.10 Å². The molecular formula is C18H23N3O3. The summed E-state index contributed by atoms with van der Waals surface area (Å²) in [4.78, 5) is 13.2. The molecule has 0 aliphatic carbocycles. The Morgan fingerprint density at radius 1 is 1.42 bits per heavy atom. The molecule has 0 amide bonds. The van der Waals surface area contributed by atoms with Gasteiger partial charge < -0.3 is 9.84 Å². The minimum atomic E-state index is -0.828. The smallest absolute Gasteiger partial charge is 0.306 e. The van der Waals surface area contributed by atoms with Crippen LogP contribution in [0.5, 0.6) is 0 Å². The zero-order valence-corrected chi connectivity index (χ0v) is 14.0. The fourth-order valence-electron chi connectivity index (χ4n) is 3.28. The van der Waals surface area contributed by atoms with Crippen LogP contribution in [0.1, 0.15) is 26.0 Å². The molecule has 1 aliphatic heterocycles. The lowest BCUT2D eigenvalue weighted by Crippen LogP contribution is -2.52. The number of morpholine rings is 1. The molecule has 1 aromatic heterocycles. The van der Waals surface area contributed by atoms with E-state index in [2.05, 4.69) is 15.1 Å². The van der Waals surface area contributed by atoms with Gasteiger partial charge in [-0.25, -0.2) is 0 Å². The third-order valence-electron chi connectivity index (χ3n) is 4.05. The van der Waals surface area contributed by atoms with Crippen molar-refractivity contribution in [2.75, 3.05) is 13.1 Å². The van der Waals surface area contributed by atoms with Gasteiger partial charge in [-0.1, -0.05) is 30.3 Å². The number of nitrogens with zero attached hydrogens (tertiary/aromatic N) is 2. The SMILES string of the molecule is CC1(C)CN(Cc2cc(-c3ccccc3)n[nH]2)CC(CC(=O)O)O1. The monoisotopic (exact) mass is 329 g/mol. The number of hydrogen-bond acceptors (Lipinski definition) is 4. The molecule has 1 aliphatic rings. The number of H-pyrrole nitrogens is 1. The Morgan fingerprint density at radius 3 is 2.88 bits per heavy atom. The average Bonchev–Trinajstić information content (AvgIpc) is 2.94. The summed E-state index contributed by atoms with van der Waals surface area (Å²) in [7, 11) is 0. The molecule has 0 saturated carbocycles. The van der Waals surface area contributed by atoms with E-state index in [-0.39, 0.29) is 18.1 Å². The minimum absolute atomic E-state index is 0.0260. The van der Waals surface area contributed by atoms with Crippen LogP contribution in [0.2, 0.25) is 0 Å². The van der Waals surface area contributed by atoms with Gasteiger partial charge in [0, 0.05) is 30.9 Å². The van der Waals surface area contributed by atoms with Gasteiger partial charge in [-0.15, -0.1) is 0 Å². The van der Waals surface area contributed by atoms with Gasteiger partial charge in [-0.3, -0.25) is 14.8 Å². The highest BCUT2D eigenvalue weighted by atomic mass is 16.5. The summed E-state index contributed by atoms with van der Waals surface area (Å²) in [5, 5.41) is 16.5. The zero-order chi connectivity index (χ0) is 17.2. The van der Waals surface area contributed by atoms with Crippen molar-refractivity contribution in [2.24, 2.45) is 0 Å². The Bertz CT molecular complexity index is 697. The van der Waals surface area contributed by atoms with E-state index >= 15 is 0 Å². The normalized spacial score (nSPS) is 20.8. The largest absolute Gasteiger partial charge is 0.481 e. The fraction of sp³-hybridized carbons (Fsp3) is 0.444. The second-order valence-corrected chi connectivity index (χ2v) is 6.91. The molecule has 0 radical (unpaired) electrons. The van der Waals surface area contributed by atoms with Gasteiger partial charge in [0.1, 0.15) is 0 Å². The van der Waals surface area contributed by atoms with E-state index in [1.54, 1.807) is 0 Å². The highest BCUT2D eigenvalue weighted by Crippen LogP contribution is 2.25. The van der Waals surface area contributed by atoms with E-state index < -0.39 is 5.97 Å². The molecule has 1 unspecified atom stereocenters. The predicted molar refractivity (Wildman–Crippen MR) is 90.5 cm³/mol. The molecule has 1 aromatic carbocycles. The first-order chi connectivity index (χ1) is 11.4. The number of aromatic amines is 1. The number of aromatic nitrogens is 2. The highest BCUT2D eigenvalue weighted by Gasteiger charge is 2.34. The first-order valence-corrected chi connectivity index (χ1v) is 8.13. The average molecular weight is 329 g/mol. The Balaban J connectivity index is 1.69. The van der Waals surface area contributed by atoms with Crippen LogP contribution in [0, 0.1) is 0 Å². The highest BCUT2D eigenvalue weighted by molar-refractivity contribution is 5.67. The van der Waals surface area contributed by atoms with Crippen molar-refractivity contribution in [2.45, 2.75) is 38.5 Å². The van der Waals surface area contributed by atoms with E-state index in [9.17, 15) is 4.79 Å². The summed E-state index contributed by atoms with van der Waals surface area (Å²) in [6.45, 7) is 6.05. The number of ether oxygens (including phenoxy) is 1. The standard InChI is InChI=1S/C18H23N3O3/c1-18(2)12-21(11-15(24-18)9-17(22)23)10-14-8-16(20-19-14)13-6-4-3-5-7-13/h3-8,15H,9-12H2,1-2H3,(H,19,20)(H,22,23). The summed E-state index contributed by atoms with van der Waals surface area (Å²) >= 11 is 0. The van der Waals surface area contributed by atoms with Crippen LogP contribution in [0.3, 0.4) is 0 Å². The van der Waals surface area contributed by atoms with Crippen LogP contribution in [0.15, 0.2) is 36.4 Å². The van der Waals surface area contributed by atoms with Crippen molar-refractivity contribution < 1.29 is 14.6 Å². The van der Waals surface area contributed by atoms with Crippen LogP contribution in [-0.4, -0.2) is 51.0 Å². The van der Waals surface area contributed by atoms with Crippen LogP contribution >= 0.6 is 0 Å². The molecule has 1 fully saturated rings. The van der Waals surface area contributed by atoms with Crippen LogP contribution in [0.25, 0.3) is 11.3 Å². The quantitative estimate of drug-likeness (QED) is 0.881. The van der Waals surface area contributed by atoms with Gasteiger partial charge in [0.25, 0.3) is 0 Å². The Morgan fingerprint density at radius 2 is 2.17 bits per heavy atom. The van der Waals surface area contributed by atoms with E-state index in [1.807, 2.05) is 50.2 Å². The van der Waals surface area contributed by atoms with E-state index in [0.29, 0.717) is 13.1 Å². The molecule has 0 spiro atoms. The molecular weight excluding hydrogens is 306 g/mol. The molecule has 2 aromatic rings. The number of carbonyl (C=O) groups is 1. The molecule has 0 bridgehead atoms. The van der Waals surface area contributed by atoms with E-state index in [0.717, 1.165) is 23.5 Å². The maximum atomic E-state index is 11.0. The second kappa shape index (κ2) is 6.75. The number of benzene rings is 1. The number of hydrogen-bond donors (Lipinski definition) is 2. The topological polar surface area (TPSA) is 78.5 Å². The molecule has 128 valence electrons. The van der Waals surface area contributed by atoms with Crippen molar-refractivity contribution >= 4 is 5.97 Å². The fourth-order valence-corrected chi connectivity index (χ4v) is 3.28. The summed E-state index contributed by atoms with van der Waals surface area (Å²) in [5.41, 5.74) is 2.65. The maximum Gasteiger partial charge on any atom is 0.306 e. The first-order valence-electron chi connectivity index (χ1n) is 8.13. The molecule has 24 heavy (non-hydrogen) atoms. The maximum absolute atomic E-state index is 11.0. The number of aliphatic carboxylic acids is 1.